The third-order valence-corrected chi connectivity index (χ3v) is 3.27. The van der Waals surface area contributed by atoms with Crippen molar-refractivity contribution in [3.63, 3.8) is 0 Å². The molecule has 1 aromatic heterocycles. The Morgan fingerprint density at radius 1 is 1.48 bits per heavy atom. The number of ether oxygens (including phenoxy) is 1. The highest BCUT2D eigenvalue weighted by Crippen LogP contribution is 2.36. The fourth-order valence-corrected chi connectivity index (χ4v) is 1.99. The molecule has 2 aromatic rings. The minimum Gasteiger partial charge on any atom is -0.500 e. The van der Waals surface area contributed by atoms with E-state index >= 15 is 0 Å². The van der Waals surface area contributed by atoms with Crippen LogP contribution in [0.25, 0.3) is 0 Å². The lowest BCUT2D eigenvalue weighted by atomic mass is 10.2. The maximum atomic E-state index is 11.7. The molecule has 13 nitrogen and oxygen atoms in total. The fourth-order valence-electron chi connectivity index (χ4n) is 1.99. The van der Waals surface area contributed by atoms with Gasteiger partial charge in [0.1, 0.15) is 5.69 Å². The van der Waals surface area contributed by atoms with Crippen LogP contribution in [-0.2, 0) is 11.2 Å². The summed E-state index contributed by atoms with van der Waals surface area (Å²) in [4.78, 5) is 46.1. The molecular weight excluding hydrogens is 364 g/mol. The molecule has 0 fully saturated rings. The van der Waals surface area contributed by atoms with Gasteiger partial charge >= 0.3 is 11.4 Å². The van der Waals surface area contributed by atoms with Gasteiger partial charge in [-0.15, -0.1) is 0 Å². The monoisotopic (exact) mass is 378 g/mol. The van der Waals surface area contributed by atoms with Gasteiger partial charge in [0, 0.05) is 24.5 Å². The first-order chi connectivity index (χ1) is 12.8. The number of carbonyl (C=O) groups is 1. The number of hydrogen-bond acceptors (Lipinski definition) is 9. The molecule has 1 aromatic carbocycles. The van der Waals surface area contributed by atoms with Crippen LogP contribution in [0.1, 0.15) is 17.7 Å². The number of rotatable bonds is 7. The maximum Gasteiger partial charge on any atom is 0.342 e. The van der Waals surface area contributed by atoms with Crippen LogP contribution in [0.5, 0.6) is 11.5 Å². The number of methoxy groups -OCH3 is 1. The Morgan fingerprint density at radius 3 is 2.85 bits per heavy atom. The molecule has 27 heavy (non-hydrogen) atoms. The van der Waals surface area contributed by atoms with Crippen molar-refractivity contribution in [3.05, 3.63) is 54.3 Å². The quantitative estimate of drug-likeness (QED) is 0.272. The second kappa shape index (κ2) is 8.37. The van der Waals surface area contributed by atoms with Crippen molar-refractivity contribution < 1.29 is 19.6 Å². The summed E-state index contributed by atoms with van der Waals surface area (Å²) in [6, 6.07) is 2.35. The van der Waals surface area contributed by atoms with Crippen LogP contribution in [-0.4, -0.2) is 44.4 Å². The average molecular weight is 378 g/mol. The van der Waals surface area contributed by atoms with Crippen molar-refractivity contribution in [1.82, 2.24) is 20.6 Å². The van der Waals surface area contributed by atoms with E-state index in [0.717, 1.165) is 12.3 Å². The molecule has 0 unspecified atom stereocenters. The molecule has 0 spiro atoms. The third kappa shape index (κ3) is 4.97. The Morgan fingerprint density at radius 2 is 2.22 bits per heavy atom. The van der Waals surface area contributed by atoms with Crippen LogP contribution in [0.4, 0.5) is 5.69 Å². The molecular formula is C14H14N6O7. The van der Waals surface area contributed by atoms with Gasteiger partial charge in [-0.3, -0.25) is 24.7 Å². The first-order valence-corrected chi connectivity index (χ1v) is 7.37. The van der Waals surface area contributed by atoms with Crippen molar-refractivity contribution in [3.8, 4) is 11.5 Å². The number of nitrogens with one attached hydrogen (secondary N) is 3. The molecule has 4 N–H and O–H groups in total. The summed E-state index contributed by atoms with van der Waals surface area (Å²) in [5, 5.41) is 29.8. The zero-order chi connectivity index (χ0) is 20.0. The number of hydrazone groups is 1. The van der Waals surface area contributed by atoms with Crippen LogP contribution < -0.4 is 21.4 Å². The molecule has 1 heterocycles. The Kier molecular flexibility index (Phi) is 5.98. The number of carbonyl (C=O) groups excluding carboxylic acids is 1. The van der Waals surface area contributed by atoms with E-state index in [2.05, 4.69) is 15.6 Å². The highest BCUT2D eigenvalue weighted by Gasteiger charge is 2.19. The number of aromatic nitrogens is 3. The molecule has 1 amide bonds. The lowest BCUT2D eigenvalue weighted by Crippen LogP contribution is -2.28. The number of phenols is 1. The van der Waals surface area contributed by atoms with Crippen LogP contribution in [0, 0.1) is 10.1 Å². The summed E-state index contributed by atoms with van der Waals surface area (Å²) in [6.07, 6.45) is 0.947. The van der Waals surface area contributed by atoms with Crippen molar-refractivity contribution in [2.75, 3.05) is 7.11 Å². The molecule has 0 saturated carbocycles. The van der Waals surface area contributed by atoms with E-state index in [1.807, 2.05) is 10.1 Å². The van der Waals surface area contributed by atoms with Crippen LogP contribution in [0.15, 0.2) is 26.8 Å². The van der Waals surface area contributed by atoms with E-state index in [0.29, 0.717) is 0 Å². The van der Waals surface area contributed by atoms with Crippen molar-refractivity contribution >= 4 is 17.8 Å². The standard InChI is InChI=1S/C14H14N6O7/c1-27-10-5-7(4-9(12(10)22)20(25)26)6-15-18-11(21)3-2-8-13(23)16-14(24)19-17-8/h4-6,22H,2-3H2,1H3,(H,18,21)(H2,16,19,23,24)/b15-6+. The number of aryl methyl sites for hydroxylation is 1. The summed E-state index contributed by atoms with van der Waals surface area (Å²) in [7, 11) is 1.23. The number of benzene rings is 1. The maximum absolute atomic E-state index is 11.7. The minimum atomic E-state index is -0.789. The summed E-state index contributed by atoms with van der Waals surface area (Å²) in [5.74, 6) is -1.30. The Hall–Kier alpha value is -4.03. The SMILES string of the molecule is COc1cc(/C=N/NC(=O)CCc2n[nH]c(=O)[nH]c2=O)cc([N+](=O)[O-])c1O. The molecule has 0 saturated heterocycles. The van der Waals surface area contributed by atoms with E-state index in [-0.39, 0.29) is 29.8 Å². The predicted octanol–water partition coefficient (Wildman–Crippen LogP) is -0.837. The van der Waals surface area contributed by atoms with Gasteiger partial charge in [-0.2, -0.15) is 10.2 Å². The van der Waals surface area contributed by atoms with E-state index in [1.54, 1.807) is 0 Å². The van der Waals surface area contributed by atoms with Gasteiger partial charge in [0.15, 0.2) is 5.75 Å². The number of nitro benzene ring substituents is 1. The lowest BCUT2D eigenvalue weighted by Gasteiger charge is -2.05. The van der Waals surface area contributed by atoms with Crippen LogP contribution in [0.2, 0.25) is 0 Å². The average Bonchev–Trinajstić information content (AvgIpc) is 2.61. The number of phenolic OH excluding ortho intramolecular Hbond substituents is 1. The molecule has 142 valence electrons. The van der Waals surface area contributed by atoms with Gasteiger partial charge < -0.3 is 9.84 Å². The van der Waals surface area contributed by atoms with Gasteiger partial charge in [0.25, 0.3) is 5.56 Å². The van der Waals surface area contributed by atoms with Crippen LogP contribution >= 0.6 is 0 Å². The largest absolute Gasteiger partial charge is 0.500 e. The number of nitrogens with zero attached hydrogens (tertiary/aromatic N) is 3. The van der Waals surface area contributed by atoms with Gasteiger partial charge in [-0.25, -0.2) is 15.3 Å². The third-order valence-electron chi connectivity index (χ3n) is 3.27. The van der Waals surface area contributed by atoms with Crippen molar-refractivity contribution in [1.29, 1.82) is 0 Å². The van der Waals surface area contributed by atoms with Crippen molar-refractivity contribution in [2.24, 2.45) is 5.10 Å². The molecule has 13 heteroatoms. The minimum absolute atomic E-state index is 0.0207. The second-order valence-corrected chi connectivity index (χ2v) is 5.09. The highest BCUT2D eigenvalue weighted by molar-refractivity contribution is 5.84. The number of amides is 1. The molecule has 2 rings (SSSR count). The molecule has 0 atom stereocenters. The van der Waals surface area contributed by atoms with E-state index < -0.39 is 33.5 Å². The molecule has 0 radical (unpaired) electrons. The normalized spacial score (nSPS) is 10.7. The first-order valence-electron chi connectivity index (χ1n) is 7.37. The summed E-state index contributed by atoms with van der Waals surface area (Å²) < 4.78 is 4.84. The molecule has 0 aliphatic rings. The van der Waals surface area contributed by atoms with Crippen molar-refractivity contribution in [2.45, 2.75) is 12.8 Å². The second-order valence-electron chi connectivity index (χ2n) is 5.09. The Bertz CT molecular complexity index is 1010. The summed E-state index contributed by atoms with van der Waals surface area (Å²) >= 11 is 0. The zero-order valence-corrected chi connectivity index (χ0v) is 13.9. The molecule has 0 bridgehead atoms. The van der Waals surface area contributed by atoms with Gasteiger partial charge in [-0.05, 0) is 6.07 Å². The van der Waals surface area contributed by atoms with Gasteiger partial charge in [-0.1, -0.05) is 0 Å². The number of hydrogen-bond donors (Lipinski definition) is 4. The Balaban J connectivity index is 2.01. The smallest absolute Gasteiger partial charge is 0.342 e. The molecule has 0 aliphatic carbocycles. The number of nitro groups is 1. The van der Waals surface area contributed by atoms with Gasteiger partial charge in [0.2, 0.25) is 11.7 Å². The summed E-state index contributed by atoms with van der Waals surface area (Å²) in [5.41, 5.74) is 0.334. The number of aromatic hydroxyl groups is 1. The number of H-pyrrole nitrogens is 2. The topological polar surface area (TPSA) is 193 Å². The van der Waals surface area contributed by atoms with E-state index in [1.165, 1.54) is 13.2 Å². The van der Waals surface area contributed by atoms with E-state index in [9.17, 15) is 29.6 Å². The van der Waals surface area contributed by atoms with Crippen LogP contribution in [0.3, 0.4) is 0 Å². The highest BCUT2D eigenvalue weighted by atomic mass is 16.6. The lowest BCUT2D eigenvalue weighted by molar-refractivity contribution is -0.386. The first kappa shape index (κ1) is 19.3. The summed E-state index contributed by atoms with van der Waals surface area (Å²) in [6.45, 7) is 0. The fraction of sp³-hybridized carbons (Fsp3) is 0.214. The Labute approximate surface area is 149 Å². The van der Waals surface area contributed by atoms with E-state index in [4.69, 9.17) is 4.74 Å². The predicted molar refractivity (Wildman–Crippen MR) is 90.8 cm³/mol. The number of aromatic amines is 2. The van der Waals surface area contributed by atoms with Gasteiger partial charge in [0.05, 0.1) is 18.2 Å². The zero-order valence-electron chi connectivity index (χ0n) is 13.9. The molecule has 0 aliphatic heterocycles.